The van der Waals surface area contributed by atoms with Crippen molar-refractivity contribution in [2.45, 2.75) is 26.3 Å². The summed E-state index contributed by atoms with van der Waals surface area (Å²) in [5.41, 5.74) is 21.7. The van der Waals surface area contributed by atoms with E-state index < -0.39 is 12.2 Å². The summed E-state index contributed by atoms with van der Waals surface area (Å²) in [7, 11) is 1.36. The fraction of sp³-hybridized carbons (Fsp3) is 0.455. The van der Waals surface area contributed by atoms with Crippen LogP contribution in [0.4, 0.5) is 36.2 Å². The average Bonchev–Trinajstić information content (AvgIpc) is 2.85. The quantitative estimate of drug-likeness (QED) is 0.641. The molecular formula is C11H19F3N8O. The standard InChI is InChI=1S/C6H12N4.C5H7F3N4O/c1-4(2)10-6(8)5(7)3-9-10;1-12-3(10)2(9)4(11-12)13-5(6,7)8/h3-4H,7-8H2,1-2H3;9-10H2,1H3. The van der Waals surface area contributed by atoms with E-state index in [1.54, 1.807) is 10.9 Å². The van der Waals surface area contributed by atoms with Crippen LogP contribution in [-0.4, -0.2) is 25.9 Å². The zero-order chi connectivity index (χ0) is 17.9. The number of aromatic nitrogens is 4. The maximum absolute atomic E-state index is 11.7. The number of anilines is 4. The van der Waals surface area contributed by atoms with Gasteiger partial charge in [0.05, 0.1) is 11.9 Å². The molecule has 130 valence electrons. The molecule has 23 heavy (non-hydrogen) atoms. The first kappa shape index (κ1) is 18.3. The Morgan fingerprint density at radius 3 is 1.96 bits per heavy atom. The van der Waals surface area contributed by atoms with Crippen LogP contribution in [0.15, 0.2) is 6.20 Å². The number of nitrogens with two attached hydrogens (primary N) is 4. The number of ether oxygens (including phenoxy) is 1. The number of nitrogens with zero attached hydrogens (tertiary/aromatic N) is 4. The minimum Gasteiger partial charge on any atom is -0.394 e. The summed E-state index contributed by atoms with van der Waals surface area (Å²) in [4.78, 5) is 0. The Bertz CT molecular complexity index is 661. The van der Waals surface area contributed by atoms with Crippen LogP contribution in [0.2, 0.25) is 0 Å². The first-order chi connectivity index (χ1) is 10.4. The lowest BCUT2D eigenvalue weighted by atomic mass is 10.4. The number of halogens is 3. The molecular weight excluding hydrogens is 317 g/mol. The highest BCUT2D eigenvalue weighted by molar-refractivity contribution is 5.65. The summed E-state index contributed by atoms with van der Waals surface area (Å²) in [6.07, 6.45) is -3.25. The Hall–Kier alpha value is -2.79. The predicted molar refractivity (Wildman–Crippen MR) is 80.2 cm³/mol. The molecule has 0 aliphatic heterocycles. The second-order valence-corrected chi connectivity index (χ2v) is 4.80. The van der Waals surface area contributed by atoms with Gasteiger partial charge >= 0.3 is 6.36 Å². The molecule has 0 spiro atoms. The molecule has 0 aliphatic rings. The fourth-order valence-electron chi connectivity index (χ4n) is 1.51. The van der Waals surface area contributed by atoms with E-state index in [4.69, 9.17) is 22.9 Å². The van der Waals surface area contributed by atoms with Gasteiger partial charge in [0.1, 0.15) is 17.3 Å². The Morgan fingerprint density at radius 1 is 1.13 bits per heavy atom. The molecule has 0 bridgehead atoms. The van der Waals surface area contributed by atoms with Crippen molar-refractivity contribution in [1.29, 1.82) is 0 Å². The molecule has 2 aromatic rings. The first-order valence-electron chi connectivity index (χ1n) is 6.36. The summed E-state index contributed by atoms with van der Waals surface area (Å²) >= 11 is 0. The van der Waals surface area contributed by atoms with Gasteiger partial charge in [0.2, 0.25) is 0 Å². The summed E-state index contributed by atoms with van der Waals surface area (Å²) < 4.78 is 41.3. The van der Waals surface area contributed by atoms with Crippen LogP contribution in [0, 0.1) is 0 Å². The maximum Gasteiger partial charge on any atom is 0.574 e. The Kier molecular flexibility index (Phi) is 5.19. The average molecular weight is 336 g/mol. The van der Waals surface area contributed by atoms with Gasteiger partial charge in [0.15, 0.2) is 0 Å². The van der Waals surface area contributed by atoms with Crippen LogP contribution in [0.3, 0.4) is 0 Å². The zero-order valence-corrected chi connectivity index (χ0v) is 12.8. The zero-order valence-electron chi connectivity index (χ0n) is 12.8. The second kappa shape index (κ2) is 6.54. The van der Waals surface area contributed by atoms with Crippen LogP contribution >= 0.6 is 0 Å². The lowest BCUT2D eigenvalue weighted by Crippen LogP contribution is -2.18. The van der Waals surface area contributed by atoms with Crippen molar-refractivity contribution < 1.29 is 17.9 Å². The van der Waals surface area contributed by atoms with Crippen LogP contribution < -0.4 is 27.7 Å². The Balaban J connectivity index is 0.000000238. The fourth-order valence-corrected chi connectivity index (χ4v) is 1.51. The molecule has 0 amide bonds. The molecule has 8 N–H and O–H groups in total. The van der Waals surface area contributed by atoms with Gasteiger partial charge < -0.3 is 27.7 Å². The van der Waals surface area contributed by atoms with Crippen LogP contribution in [0.5, 0.6) is 5.88 Å². The summed E-state index contributed by atoms with van der Waals surface area (Å²) in [5, 5.41) is 7.30. The number of hydrogen-bond donors (Lipinski definition) is 4. The smallest absolute Gasteiger partial charge is 0.394 e. The predicted octanol–water partition coefficient (Wildman–Crippen LogP) is 1.11. The van der Waals surface area contributed by atoms with Gasteiger partial charge in [-0.05, 0) is 13.8 Å². The van der Waals surface area contributed by atoms with Gasteiger partial charge in [-0.15, -0.1) is 18.3 Å². The Labute approximate surface area is 130 Å². The second-order valence-electron chi connectivity index (χ2n) is 4.80. The van der Waals surface area contributed by atoms with Crippen molar-refractivity contribution in [3.8, 4) is 5.88 Å². The highest BCUT2D eigenvalue weighted by atomic mass is 19.4. The van der Waals surface area contributed by atoms with E-state index in [0.717, 1.165) is 4.68 Å². The van der Waals surface area contributed by atoms with E-state index in [2.05, 4.69) is 14.9 Å². The monoisotopic (exact) mass is 336 g/mol. The lowest BCUT2D eigenvalue weighted by molar-refractivity contribution is -0.276. The lowest BCUT2D eigenvalue weighted by Gasteiger charge is -2.06. The highest BCUT2D eigenvalue weighted by Crippen LogP contribution is 2.30. The van der Waals surface area contributed by atoms with Gasteiger partial charge in [-0.3, -0.25) is 0 Å². The summed E-state index contributed by atoms with van der Waals surface area (Å²) in [6, 6.07) is 0.275. The van der Waals surface area contributed by atoms with E-state index in [1.165, 1.54) is 7.05 Å². The van der Waals surface area contributed by atoms with Gasteiger partial charge in [-0.2, -0.15) is 5.10 Å². The third-order valence-corrected chi connectivity index (χ3v) is 2.66. The van der Waals surface area contributed by atoms with E-state index in [1.807, 2.05) is 13.8 Å². The van der Waals surface area contributed by atoms with E-state index >= 15 is 0 Å². The normalized spacial score (nSPS) is 11.3. The third-order valence-electron chi connectivity index (χ3n) is 2.66. The number of aryl methyl sites for hydroxylation is 1. The number of hydrogen-bond acceptors (Lipinski definition) is 7. The number of rotatable bonds is 2. The molecule has 2 heterocycles. The van der Waals surface area contributed by atoms with Crippen LogP contribution in [0.25, 0.3) is 0 Å². The van der Waals surface area contributed by atoms with E-state index in [0.29, 0.717) is 11.5 Å². The topological polar surface area (TPSA) is 149 Å². The van der Waals surface area contributed by atoms with Gasteiger partial charge in [-0.1, -0.05) is 0 Å². The SMILES string of the molecule is CC(C)n1ncc(N)c1N.Cn1nc(OC(F)(F)F)c(N)c1N. The van der Waals surface area contributed by atoms with Crippen molar-refractivity contribution in [1.82, 2.24) is 19.6 Å². The van der Waals surface area contributed by atoms with E-state index in [-0.39, 0.29) is 17.5 Å². The molecule has 0 atom stereocenters. The third kappa shape index (κ3) is 4.59. The van der Waals surface area contributed by atoms with Crippen molar-refractivity contribution in [3.63, 3.8) is 0 Å². The molecule has 0 saturated heterocycles. The molecule has 12 heteroatoms. The molecule has 2 rings (SSSR count). The van der Waals surface area contributed by atoms with Gasteiger partial charge in [-0.25, -0.2) is 9.36 Å². The summed E-state index contributed by atoms with van der Waals surface area (Å²) in [6.45, 7) is 4.01. The molecule has 9 nitrogen and oxygen atoms in total. The van der Waals surface area contributed by atoms with Crippen molar-refractivity contribution in [2.75, 3.05) is 22.9 Å². The van der Waals surface area contributed by atoms with E-state index in [9.17, 15) is 13.2 Å². The minimum absolute atomic E-state index is 0.0701. The van der Waals surface area contributed by atoms with Crippen LogP contribution in [0.1, 0.15) is 19.9 Å². The first-order valence-corrected chi connectivity index (χ1v) is 6.36. The van der Waals surface area contributed by atoms with Crippen molar-refractivity contribution in [2.24, 2.45) is 7.05 Å². The largest absolute Gasteiger partial charge is 0.574 e. The van der Waals surface area contributed by atoms with Gasteiger partial charge in [0.25, 0.3) is 5.88 Å². The molecule has 0 fully saturated rings. The number of nitrogen functional groups attached to an aromatic ring is 4. The maximum atomic E-state index is 11.7. The Morgan fingerprint density at radius 2 is 1.70 bits per heavy atom. The van der Waals surface area contributed by atoms with Crippen LogP contribution in [-0.2, 0) is 7.05 Å². The highest BCUT2D eigenvalue weighted by Gasteiger charge is 2.34. The molecule has 0 radical (unpaired) electrons. The molecule has 0 aromatic carbocycles. The molecule has 0 unspecified atom stereocenters. The summed E-state index contributed by atoms with van der Waals surface area (Å²) in [5.74, 6) is -0.248. The minimum atomic E-state index is -4.81. The molecule has 0 saturated carbocycles. The molecule has 0 aliphatic carbocycles. The number of alkyl halides is 3. The van der Waals surface area contributed by atoms with Crippen molar-refractivity contribution >= 4 is 23.0 Å². The van der Waals surface area contributed by atoms with Crippen molar-refractivity contribution in [3.05, 3.63) is 6.20 Å². The molecule has 2 aromatic heterocycles. The van der Waals surface area contributed by atoms with Gasteiger partial charge in [0, 0.05) is 13.1 Å².